The van der Waals surface area contributed by atoms with Gasteiger partial charge in [0.15, 0.2) is 0 Å². The monoisotopic (exact) mass is 964 g/mol. The van der Waals surface area contributed by atoms with Gasteiger partial charge in [0.2, 0.25) is 17.7 Å². The Hall–Kier alpha value is -3.39. The molecule has 0 aliphatic carbocycles. The summed E-state index contributed by atoms with van der Waals surface area (Å²) in [5.74, 6) is -2.70. The predicted molar refractivity (Wildman–Crippen MR) is 258 cm³/mol. The number of hydrogen-bond donors (Lipinski definition) is 2. The molecule has 2 aliphatic rings. The minimum absolute atomic E-state index is 0.0300. The smallest absolute Gasteiger partial charge is 0.264 e. The highest BCUT2D eigenvalue weighted by Gasteiger charge is 2.45. The van der Waals surface area contributed by atoms with Gasteiger partial charge in [-0.15, -0.1) is 0 Å². The molecule has 1 fully saturated rings. The molecule has 1 aromatic rings. The largest absolute Gasteiger partial charge is 0.379 e. The molecule has 1 aromatic carbocycles. The Bertz CT molecular complexity index is 1520. The molecule has 5 amide bonds. The van der Waals surface area contributed by atoms with E-state index in [-0.39, 0.29) is 42.0 Å². The highest BCUT2D eigenvalue weighted by molar-refractivity contribution is 6.26. The van der Waals surface area contributed by atoms with E-state index in [9.17, 15) is 24.0 Å². The molecule has 17 nitrogen and oxygen atoms in total. The molecule has 68 heavy (non-hydrogen) atoms. The van der Waals surface area contributed by atoms with Crippen LogP contribution >= 0.6 is 0 Å². The number of piperidine rings is 1. The average Bonchev–Trinajstić information content (AvgIpc) is 3.59. The molecular formula is C51H85N3O14. The summed E-state index contributed by atoms with van der Waals surface area (Å²) in [4.78, 5) is 63.7. The Kier molecular flexibility index (Phi) is 35.0. The summed E-state index contributed by atoms with van der Waals surface area (Å²) in [5, 5.41) is 4.92. The van der Waals surface area contributed by atoms with Gasteiger partial charge in [-0.3, -0.25) is 34.2 Å². The molecule has 388 valence electrons. The van der Waals surface area contributed by atoms with Gasteiger partial charge in [0.05, 0.1) is 123 Å². The molecule has 1 unspecified atom stereocenters. The van der Waals surface area contributed by atoms with Gasteiger partial charge in [-0.2, -0.15) is 0 Å². The molecule has 0 aromatic heterocycles. The van der Waals surface area contributed by atoms with E-state index >= 15 is 0 Å². The number of amides is 5. The number of nitrogens with zero attached hydrogens (tertiary/aromatic N) is 1. The Morgan fingerprint density at radius 2 is 0.897 bits per heavy atom. The van der Waals surface area contributed by atoms with E-state index in [4.69, 9.17) is 42.6 Å². The van der Waals surface area contributed by atoms with Gasteiger partial charge < -0.3 is 47.9 Å². The molecule has 17 heteroatoms. The van der Waals surface area contributed by atoms with E-state index < -0.39 is 29.7 Å². The number of carbonyl (C=O) groups is 5. The fourth-order valence-corrected chi connectivity index (χ4v) is 7.76. The SMILES string of the molecule is CCCCCCCCCCCCCCCCOCCOCCOCCOCCOCCOCCOCCOCCOCCCCCC(=O)Nc1cccc2c1C(=O)N(C1CCC(=O)NC1=O)C2=O. The number of fused-ring (bicyclic) bond motifs is 1. The van der Waals surface area contributed by atoms with Crippen molar-refractivity contribution in [3.8, 4) is 0 Å². The van der Waals surface area contributed by atoms with Gasteiger partial charge in [-0.25, -0.2) is 0 Å². The van der Waals surface area contributed by atoms with Crippen molar-refractivity contribution in [3.05, 3.63) is 29.3 Å². The summed E-state index contributed by atoms with van der Waals surface area (Å²) in [6.45, 7) is 11.7. The van der Waals surface area contributed by atoms with Crippen molar-refractivity contribution in [2.45, 2.75) is 141 Å². The molecule has 0 spiro atoms. The van der Waals surface area contributed by atoms with Crippen molar-refractivity contribution in [1.82, 2.24) is 10.2 Å². The maximum atomic E-state index is 13.2. The molecule has 0 saturated carbocycles. The van der Waals surface area contributed by atoms with Crippen LogP contribution in [0, 0.1) is 0 Å². The predicted octanol–water partition coefficient (Wildman–Crippen LogP) is 7.22. The van der Waals surface area contributed by atoms with E-state index in [1.54, 1.807) is 12.1 Å². The number of ether oxygens (including phenoxy) is 9. The van der Waals surface area contributed by atoms with Crippen molar-refractivity contribution in [1.29, 1.82) is 0 Å². The van der Waals surface area contributed by atoms with Gasteiger partial charge in [-0.1, -0.05) is 103 Å². The van der Waals surface area contributed by atoms with Crippen LogP contribution in [0.1, 0.15) is 156 Å². The summed E-state index contributed by atoms with van der Waals surface area (Å²) in [5.41, 5.74) is 0.391. The van der Waals surface area contributed by atoms with Crippen LogP contribution in [0.2, 0.25) is 0 Å². The number of benzene rings is 1. The lowest BCUT2D eigenvalue weighted by Gasteiger charge is -2.27. The molecule has 2 heterocycles. The molecule has 1 atom stereocenters. The van der Waals surface area contributed by atoms with Crippen molar-refractivity contribution in [3.63, 3.8) is 0 Å². The average molecular weight is 964 g/mol. The van der Waals surface area contributed by atoms with Crippen molar-refractivity contribution >= 4 is 35.2 Å². The summed E-state index contributed by atoms with van der Waals surface area (Å²) >= 11 is 0. The highest BCUT2D eigenvalue weighted by atomic mass is 16.6. The molecule has 0 bridgehead atoms. The fourth-order valence-electron chi connectivity index (χ4n) is 7.76. The van der Waals surface area contributed by atoms with Crippen LogP contribution in [0.15, 0.2) is 18.2 Å². The first kappa shape index (κ1) is 58.9. The third-order valence-electron chi connectivity index (χ3n) is 11.6. The Balaban J connectivity index is 0.955. The molecule has 1 saturated heterocycles. The zero-order valence-corrected chi connectivity index (χ0v) is 41.3. The first-order chi connectivity index (χ1) is 33.4. The standard InChI is InChI=1S/C51H85N3O14/c1-2-3-4-5-6-7-8-9-10-11-12-13-14-17-25-60-27-29-62-31-33-64-35-37-66-39-41-68-42-40-67-38-36-65-34-32-63-30-28-61-26-18-15-16-22-46(55)52-44-21-19-20-43-48(44)51(59)54(50(43)58)45-23-24-47(56)53-49(45)57/h19-21,45H,2-18,22-42H2,1H3,(H,52,55)(H,53,56,57). The number of nitrogens with one attached hydrogen (secondary N) is 2. The summed E-state index contributed by atoms with van der Waals surface area (Å²) < 4.78 is 50.1. The van der Waals surface area contributed by atoms with Gasteiger partial charge in [0.1, 0.15) is 6.04 Å². The Labute approximate surface area is 406 Å². The van der Waals surface area contributed by atoms with Crippen molar-refractivity contribution < 1.29 is 66.6 Å². The molecule has 2 N–H and O–H groups in total. The zero-order chi connectivity index (χ0) is 48.5. The quantitative estimate of drug-likeness (QED) is 0.0491. The fraction of sp³-hybridized carbons (Fsp3) is 0.784. The topological polar surface area (TPSA) is 196 Å². The third-order valence-corrected chi connectivity index (χ3v) is 11.6. The van der Waals surface area contributed by atoms with E-state index in [0.29, 0.717) is 119 Å². The first-order valence-corrected chi connectivity index (χ1v) is 25.8. The maximum Gasteiger partial charge on any atom is 0.264 e. The van der Waals surface area contributed by atoms with E-state index in [0.717, 1.165) is 30.8 Å². The summed E-state index contributed by atoms with van der Waals surface area (Å²) in [6, 6.07) is 3.54. The minimum atomic E-state index is -1.07. The number of hydrogen-bond acceptors (Lipinski definition) is 14. The second kappa shape index (κ2) is 40.4. The van der Waals surface area contributed by atoms with Crippen LogP contribution in [-0.2, 0) is 57.0 Å². The zero-order valence-electron chi connectivity index (χ0n) is 41.3. The highest BCUT2D eigenvalue weighted by Crippen LogP contribution is 2.32. The van der Waals surface area contributed by atoms with E-state index in [2.05, 4.69) is 17.6 Å². The number of imide groups is 2. The molecule has 0 radical (unpaired) electrons. The van der Waals surface area contributed by atoms with Crippen LogP contribution in [0.5, 0.6) is 0 Å². The lowest BCUT2D eigenvalue weighted by molar-refractivity contribution is -0.136. The first-order valence-electron chi connectivity index (χ1n) is 25.8. The molecule has 2 aliphatic heterocycles. The van der Waals surface area contributed by atoms with Crippen molar-refractivity contribution in [2.75, 3.05) is 124 Å². The summed E-state index contributed by atoms with van der Waals surface area (Å²) in [6.07, 6.45) is 21.6. The summed E-state index contributed by atoms with van der Waals surface area (Å²) in [7, 11) is 0. The second-order valence-corrected chi connectivity index (χ2v) is 17.1. The lowest BCUT2D eigenvalue weighted by Crippen LogP contribution is -2.54. The lowest BCUT2D eigenvalue weighted by atomic mass is 10.0. The number of anilines is 1. The van der Waals surface area contributed by atoms with Crippen LogP contribution in [0.4, 0.5) is 5.69 Å². The van der Waals surface area contributed by atoms with Gasteiger partial charge in [0, 0.05) is 26.1 Å². The van der Waals surface area contributed by atoms with Crippen LogP contribution in [-0.4, -0.2) is 159 Å². The van der Waals surface area contributed by atoms with Crippen LogP contribution in [0.25, 0.3) is 0 Å². The van der Waals surface area contributed by atoms with Gasteiger partial charge in [-0.05, 0) is 37.8 Å². The number of unbranched alkanes of at least 4 members (excludes halogenated alkanes) is 15. The Morgan fingerprint density at radius 1 is 0.515 bits per heavy atom. The normalized spacial score (nSPS) is 14.8. The van der Waals surface area contributed by atoms with Crippen molar-refractivity contribution in [2.24, 2.45) is 0 Å². The van der Waals surface area contributed by atoms with Crippen LogP contribution in [0.3, 0.4) is 0 Å². The van der Waals surface area contributed by atoms with Gasteiger partial charge in [0.25, 0.3) is 11.8 Å². The Morgan fingerprint density at radius 3 is 1.31 bits per heavy atom. The molecular weight excluding hydrogens is 879 g/mol. The molecule has 3 rings (SSSR count). The van der Waals surface area contributed by atoms with E-state index in [1.165, 1.54) is 89.5 Å². The van der Waals surface area contributed by atoms with Gasteiger partial charge >= 0.3 is 0 Å². The third kappa shape index (κ3) is 27.1. The van der Waals surface area contributed by atoms with E-state index in [1.807, 2.05) is 0 Å². The van der Waals surface area contributed by atoms with Crippen LogP contribution < -0.4 is 10.6 Å². The minimum Gasteiger partial charge on any atom is -0.379 e. The second-order valence-electron chi connectivity index (χ2n) is 17.1. The number of carbonyl (C=O) groups excluding carboxylic acids is 5. The number of rotatable bonds is 47. The maximum absolute atomic E-state index is 13.2.